The Balaban J connectivity index is 1.67. The summed E-state index contributed by atoms with van der Waals surface area (Å²) in [4.78, 5) is 16.0. The molecule has 3 nitrogen and oxygen atoms in total. The van der Waals surface area contributed by atoms with Crippen LogP contribution in [-0.2, 0) is 4.79 Å². The summed E-state index contributed by atoms with van der Waals surface area (Å²) in [6, 6.07) is 7.71. The van der Waals surface area contributed by atoms with E-state index >= 15 is 0 Å². The molecule has 0 spiro atoms. The molecule has 1 aromatic carbocycles. The first-order valence-corrected chi connectivity index (χ1v) is 6.96. The number of nitrogens with one attached hydrogen (secondary N) is 1. The molecule has 0 aliphatic heterocycles. The summed E-state index contributed by atoms with van der Waals surface area (Å²) in [6.07, 6.45) is 2.54. The van der Waals surface area contributed by atoms with Crippen molar-refractivity contribution in [3.63, 3.8) is 0 Å². The number of amides is 1. The first-order valence-electron chi connectivity index (χ1n) is 5.70. The highest BCUT2D eigenvalue weighted by atomic mass is 35.5. The van der Waals surface area contributed by atoms with E-state index in [2.05, 4.69) is 10.3 Å². The average Bonchev–Trinajstić information content (AvgIpc) is 3.00. The van der Waals surface area contributed by atoms with Crippen LogP contribution in [-0.4, -0.2) is 10.9 Å². The SMILES string of the molecule is O=C(Nc1nccs1)[C@H]1C[C@H]1c1ccccc1Cl. The van der Waals surface area contributed by atoms with Gasteiger partial charge in [-0.1, -0.05) is 29.8 Å². The first-order chi connectivity index (χ1) is 8.75. The fourth-order valence-corrected chi connectivity index (χ4v) is 2.90. The van der Waals surface area contributed by atoms with E-state index in [9.17, 15) is 4.79 Å². The molecule has 1 amide bonds. The van der Waals surface area contributed by atoms with Gasteiger partial charge in [-0.2, -0.15) is 0 Å². The van der Waals surface area contributed by atoms with Gasteiger partial charge in [0.15, 0.2) is 5.13 Å². The van der Waals surface area contributed by atoms with Gasteiger partial charge in [0.1, 0.15) is 0 Å². The van der Waals surface area contributed by atoms with Crippen molar-refractivity contribution in [1.29, 1.82) is 0 Å². The van der Waals surface area contributed by atoms with Crippen LogP contribution in [0.2, 0.25) is 5.02 Å². The predicted molar refractivity (Wildman–Crippen MR) is 73.0 cm³/mol. The van der Waals surface area contributed by atoms with Crippen LogP contribution in [0.25, 0.3) is 0 Å². The predicted octanol–water partition coefficient (Wildman–Crippen LogP) is 3.54. The average molecular weight is 279 g/mol. The lowest BCUT2D eigenvalue weighted by Gasteiger charge is -2.03. The Labute approximate surface area is 114 Å². The summed E-state index contributed by atoms with van der Waals surface area (Å²) >= 11 is 7.56. The minimum atomic E-state index is 0.0220. The van der Waals surface area contributed by atoms with Gasteiger partial charge in [-0.3, -0.25) is 4.79 Å². The first kappa shape index (κ1) is 11.7. The number of thiazole rings is 1. The summed E-state index contributed by atoms with van der Waals surface area (Å²) in [5.74, 6) is 0.308. The zero-order valence-electron chi connectivity index (χ0n) is 9.47. The quantitative estimate of drug-likeness (QED) is 0.933. The summed E-state index contributed by atoms with van der Waals surface area (Å²) in [5, 5.41) is 6.07. The van der Waals surface area contributed by atoms with Crippen LogP contribution in [0.15, 0.2) is 35.8 Å². The zero-order chi connectivity index (χ0) is 12.5. The molecular weight excluding hydrogens is 268 g/mol. The molecule has 0 saturated heterocycles. The lowest BCUT2D eigenvalue weighted by molar-refractivity contribution is -0.117. The number of nitrogens with zero attached hydrogens (tertiary/aromatic N) is 1. The minimum absolute atomic E-state index is 0.0220. The summed E-state index contributed by atoms with van der Waals surface area (Å²) in [5.41, 5.74) is 1.07. The number of carbonyl (C=O) groups excluding carboxylic acids is 1. The molecule has 0 bridgehead atoms. The Kier molecular flexibility index (Phi) is 3.06. The topological polar surface area (TPSA) is 42.0 Å². The molecule has 0 unspecified atom stereocenters. The standard InChI is InChI=1S/C13H11ClN2OS/c14-11-4-2-1-3-8(11)9-7-10(9)12(17)16-13-15-5-6-18-13/h1-6,9-10H,7H2,(H,15,16,17)/t9-,10-/m0/s1. The molecule has 1 heterocycles. The van der Waals surface area contributed by atoms with Gasteiger partial charge < -0.3 is 5.32 Å². The van der Waals surface area contributed by atoms with Crippen LogP contribution in [0.4, 0.5) is 5.13 Å². The lowest BCUT2D eigenvalue weighted by atomic mass is 10.1. The lowest BCUT2D eigenvalue weighted by Crippen LogP contribution is -2.14. The van der Waals surface area contributed by atoms with Crippen LogP contribution >= 0.6 is 22.9 Å². The number of rotatable bonds is 3. The number of hydrogen-bond acceptors (Lipinski definition) is 3. The van der Waals surface area contributed by atoms with E-state index in [0.29, 0.717) is 5.13 Å². The van der Waals surface area contributed by atoms with Crippen molar-refractivity contribution < 1.29 is 4.79 Å². The molecule has 1 N–H and O–H groups in total. The third kappa shape index (κ3) is 2.26. The molecule has 1 aliphatic carbocycles. The maximum absolute atomic E-state index is 12.0. The second-order valence-electron chi connectivity index (χ2n) is 4.30. The Morgan fingerprint density at radius 3 is 3.00 bits per heavy atom. The van der Waals surface area contributed by atoms with E-state index in [-0.39, 0.29) is 17.7 Å². The van der Waals surface area contributed by atoms with Crippen molar-refractivity contribution in [1.82, 2.24) is 4.98 Å². The molecule has 2 atom stereocenters. The van der Waals surface area contributed by atoms with Crippen LogP contribution < -0.4 is 5.32 Å². The molecule has 3 rings (SSSR count). The molecule has 5 heteroatoms. The molecule has 18 heavy (non-hydrogen) atoms. The fourth-order valence-electron chi connectivity index (χ4n) is 2.09. The third-order valence-corrected chi connectivity index (χ3v) is 4.13. The molecule has 1 saturated carbocycles. The van der Waals surface area contributed by atoms with Gasteiger partial charge in [-0.15, -0.1) is 11.3 Å². The molecule has 92 valence electrons. The van der Waals surface area contributed by atoms with Crippen molar-refractivity contribution >= 4 is 34.0 Å². The number of carbonyl (C=O) groups is 1. The smallest absolute Gasteiger partial charge is 0.229 e. The number of hydrogen-bond donors (Lipinski definition) is 1. The Morgan fingerprint density at radius 1 is 1.44 bits per heavy atom. The van der Waals surface area contributed by atoms with Gasteiger partial charge >= 0.3 is 0 Å². The van der Waals surface area contributed by atoms with Crippen molar-refractivity contribution in [2.24, 2.45) is 5.92 Å². The minimum Gasteiger partial charge on any atom is -0.302 e. The van der Waals surface area contributed by atoms with E-state index in [0.717, 1.165) is 17.0 Å². The fraction of sp³-hybridized carbons (Fsp3) is 0.231. The van der Waals surface area contributed by atoms with E-state index in [1.54, 1.807) is 6.20 Å². The number of aromatic nitrogens is 1. The van der Waals surface area contributed by atoms with Crippen LogP contribution in [0.3, 0.4) is 0 Å². The van der Waals surface area contributed by atoms with E-state index in [1.165, 1.54) is 11.3 Å². The summed E-state index contributed by atoms with van der Waals surface area (Å²) in [6.45, 7) is 0. The Bertz CT molecular complexity index is 570. The van der Waals surface area contributed by atoms with Crippen molar-refractivity contribution in [2.75, 3.05) is 5.32 Å². The van der Waals surface area contributed by atoms with Gasteiger partial charge in [0.25, 0.3) is 0 Å². The number of halogens is 1. The molecule has 1 aromatic heterocycles. The van der Waals surface area contributed by atoms with Crippen LogP contribution in [0.5, 0.6) is 0 Å². The zero-order valence-corrected chi connectivity index (χ0v) is 11.0. The molecule has 1 fully saturated rings. The van der Waals surface area contributed by atoms with Crippen LogP contribution in [0.1, 0.15) is 17.9 Å². The monoisotopic (exact) mass is 278 g/mol. The molecular formula is C13H11ClN2OS. The second kappa shape index (κ2) is 4.71. The Morgan fingerprint density at radius 2 is 2.28 bits per heavy atom. The molecule has 1 aliphatic rings. The third-order valence-electron chi connectivity index (χ3n) is 3.09. The largest absolute Gasteiger partial charge is 0.302 e. The summed E-state index contributed by atoms with van der Waals surface area (Å²) < 4.78 is 0. The number of benzene rings is 1. The van der Waals surface area contributed by atoms with E-state index in [4.69, 9.17) is 11.6 Å². The highest BCUT2D eigenvalue weighted by Gasteiger charge is 2.44. The van der Waals surface area contributed by atoms with Crippen molar-refractivity contribution in [2.45, 2.75) is 12.3 Å². The van der Waals surface area contributed by atoms with Gasteiger partial charge in [0.2, 0.25) is 5.91 Å². The van der Waals surface area contributed by atoms with E-state index in [1.807, 2.05) is 29.6 Å². The second-order valence-corrected chi connectivity index (χ2v) is 5.60. The highest BCUT2D eigenvalue weighted by Crippen LogP contribution is 2.49. The van der Waals surface area contributed by atoms with Crippen molar-refractivity contribution in [3.05, 3.63) is 46.4 Å². The molecule has 2 aromatic rings. The maximum atomic E-state index is 12.0. The highest BCUT2D eigenvalue weighted by molar-refractivity contribution is 7.13. The summed E-state index contributed by atoms with van der Waals surface area (Å²) in [7, 11) is 0. The van der Waals surface area contributed by atoms with Gasteiger partial charge in [0.05, 0.1) is 0 Å². The van der Waals surface area contributed by atoms with Gasteiger partial charge in [0, 0.05) is 22.5 Å². The van der Waals surface area contributed by atoms with Crippen molar-refractivity contribution in [3.8, 4) is 0 Å². The Hall–Kier alpha value is -1.39. The van der Waals surface area contributed by atoms with Gasteiger partial charge in [-0.25, -0.2) is 4.98 Å². The number of anilines is 1. The molecule has 0 radical (unpaired) electrons. The maximum Gasteiger partial charge on any atom is 0.229 e. The normalized spacial score (nSPS) is 21.6. The van der Waals surface area contributed by atoms with E-state index < -0.39 is 0 Å². The van der Waals surface area contributed by atoms with Crippen LogP contribution in [0, 0.1) is 5.92 Å². The van der Waals surface area contributed by atoms with Gasteiger partial charge in [-0.05, 0) is 24.0 Å².